The molecule has 0 N–H and O–H groups in total. The van der Waals surface area contributed by atoms with Gasteiger partial charge in [0.2, 0.25) is 5.95 Å². The minimum Gasteiger partial charge on any atom is -0.267 e. The van der Waals surface area contributed by atoms with Crippen molar-refractivity contribution in [3.05, 3.63) is 47.5 Å². The van der Waals surface area contributed by atoms with Gasteiger partial charge in [-0.25, -0.2) is 15.0 Å². The number of benzene rings is 1. The zero-order valence-corrected chi connectivity index (χ0v) is 11.5. The molecule has 0 atom stereocenters. The predicted octanol–water partition coefficient (Wildman–Crippen LogP) is 3.17. The average Bonchev–Trinajstić information content (AvgIpc) is 2.82. The normalized spacial score (nSPS) is 11.1. The summed E-state index contributed by atoms with van der Waals surface area (Å²) in [6.45, 7) is 4.17. The van der Waals surface area contributed by atoms with Gasteiger partial charge in [-0.1, -0.05) is 0 Å². The lowest BCUT2D eigenvalue weighted by molar-refractivity contribution is 0.937. The summed E-state index contributed by atoms with van der Waals surface area (Å²) < 4.78 is 1.89. The molecule has 3 aromatic rings. The lowest BCUT2D eigenvalue weighted by Gasteiger charge is -2.04. The molecule has 1 aromatic carbocycles. The second-order valence-corrected chi connectivity index (χ2v) is 4.83. The molecule has 19 heavy (non-hydrogen) atoms. The molecule has 0 saturated carbocycles. The third-order valence-corrected chi connectivity index (χ3v) is 3.53. The van der Waals surface area contributed by atoms with Gasteiger partial charge in [0.25, 0.3) is 0 Å². The van der Waals surface area contributed by atoms with Crippen LogP contribution in [0.4, 0.5) is 0 Å². The van der Waals surface area contributed by atoms with E-state index in [0.717, 1.165) is 16.6 Å². The zero-order chi connectivity index (χ0) is 13.4. The minimum absolute atomic E-state index is 0.420. The first-order chi connectivity index (χ1) is 9.19. The zero-order valence-electron chi connectivity index (χ0n) is 10.8. The fourth-order valence-corrected chi connectivity index (χ4v) is 2.10. The Hall–Kier alpha value is -1.94. The Balaban J connectivity index is 2.16. The van der Waals surface area contributed by atoms with Crippen LogP contribution < -0.4 is 0 Å². The van der Waals surface area contributed by atoms with Gasteiger partial charge in [0, 0.05) is 18.0 Å². The van der Waals surface area contributed by atoms with Gasteiger partial charge in [-0.05, 0) is 37.1 Å². The molecule has 4 nitrogen and oxygen atoms in total. The number of alkyl halides is 1. The molecule has 2 heterocycles. The van der Waals surface area contributed by atoms with E-state index in [9.17, 15) is 0 Å². The van der Waals surface area contributed by atoms with Crippen LogP contribution in [-0.2, 0) is 5.88 Å². The molecule has 0 unspecified atom stereocenters. The first-order valence-corrected chi connectivity index (χ1v) is 6.54. The molecule has 96 valence electrons. The molecule has 5 heteroatoms. The van der Waals surface area contributed by atoms with Crippen LogP contribution >= 0.6 is 11.6 Å². The Morgan fingerprint density at radius 3 is 2.42 bits per heavy atom. The first-order valence-electron chi connectivity index (χ1n) is 6.00. The molecule has 0 spiro atoms. The summed E-state index contributed by atoms with van der Waals surface area (Å²) >= 11 is 5.74. The van der Waals surface area contributed by atoms with Gasteiger partial charge in [-0.3, -0.25) is 4.57 Å². The summed E-state index contributed by atoms with van der Waals surface area (Å²) in [5.41, 5.74) is 5.33. The van der Waals surface area contributed by atoms with Crippen molar-refractivity contribution in [1.82, 2.24) is 19.5 Å². The number of imidazole rings is 1. The van der Waals surface area contributed by atoms with E-state index in [-0.39, 0.29) is 0 Å². The number of hydrogen-bond acceptors (Lipinski definition) is 3. The van der Waals surface area contributed by atoms with E-state index in [1.54, 1.807) is 18.7 Å². The monoisotopic (exact) mass is 272 g/mol. The number of rotatable bonds is 2. The number of aromatic nitrogens is 4. The van der Waals surface area contributed by atoms with Crippen molar-refractivity contribution in [1.29, 1.82) is 0 Å². The highest BCUT2D eigenvalue weighted by Gasteiger charge is 2.08. The van der Waals surface area contributed by atoms with Gasteiger partial charge in [-0.2, -0.15) is 0 Å². The fourth-order valence-electron chi connectivity index (χ4n) is 1.96. The van der Waals surface area contributed by atoms with Gasteiger partial charge in [0.15, 0.2) is 0 Å². The Kier molecular flexibility index (Phi) is 2.95. The van der Waals surface area contributed by atoms with Gasteiger partial charge in [0.05, 0.1) is 16.9 Å². The maximum atomic E-state index is 5.74. The van der Waals surface area contributed by atoms with Crippen molar-refractivity contribution in [2.45, 2.75) is 19.7 Å². The van der Waals surface area contributed by atoms with E-state index in [1.165, 1.54) is 11.1 Å². The molecule has 0 aliphatic carbocycles. The molecule has 0 saturated heterocycles. The topological polar surface area (TPSA) is 43.6 Å². The summed E-state index contributed by atoms with van der Waals surface area (Å²) in [6.07, 6.45) is 5.23. The molecule has 0 aliphatic heterocycles. The lowest BCUT2D eigenvalue weighted by atomic mass is 10.1. The molecule has 0 bridgehead atoms. The molecular weight excluding hydrogens is 260 g/mol. The van der Waals surface area contributed by atoms with Crippen molar-refractivity contribution in [3.63, 3.8) is 0 Å². The fraction of sp³-hybridized carbons (Fsp3) is 0.214. The number of aryl methyl sites for hydroxylation is 2. The SMILES string of the molecule is Cc1cc2ncn(-c3ncc(CCl)cn3)c2cc1C. The van der Waals surface area contributed by atoms with Gasteiger partial charge in [-0.15, -0.1) is 11.6 Å². The highest BCUT2D eigenvalue weighted by molar-refractivity contribution is 6.17. The predicted molar refractivity (Wildman–Crippen MR) is 75.7 cm³/mol. The van der Waals surface area contributed by atoms with E-state index in [0.29, 0.717) is 11.8 Å². The van der Waals surface area contributed by atoms with Crippen molar-refractivity contribution in [3.8, 4) is 5.95 Å². The van der Waals surface area contributed by atoms with Crippen LogP contribution in [0.2, 0.25) is 0 Å². The molecule has 3 rings (SSSR count). The summed E-state index contributed by atoms with van der Waals surface area (Å²) in [5.74, 6) is 1.03. The first kappa shape index (κ1) is 12.1. The van der Waals surface area contributed by atoms with Crippen LogP contribution in [0.1, 0.15) is 16.7 Å². The standard InChI is InChI=1S/C14H13ClN4/c1-9-3-12-13(4-10(9)2)19(8-18-12)14-16-6-11(5-15)7-17-14/h3-4,6-8H,5H2,1-2H3. The average molecular weight is 273 g/mol. The Morgan fingerprint density at radius 1 is 1.05 bits per heavy atom. The molecule has 2 aromatic heterocycles. The van der Waals surface area contributed by atoms with E-state index in [4.69, 9.17) is 11.6 Å². The highest BCUT2D eigenvalue weighted by Crippen LogP contribution is 2.20. The Labute approximate surface area is 116 Å². The largest absolute Gasteiger partial charge is 0.267 e. The smallest absolute Gasteiger partial charge is 0.235 e. The highest BCUT2D eigenvalue weighted by atomic mass is 35.5. The van der Waals surface area contributed by atoms with Crippen LogP contribution in [-0.4, -0.2) is 19.5 Å². The summed E-state index contributed by atoms with van der Waals surface area (Å²) in [5, 5.41) is 0. The van der Waals surface area contributed by atoms with Crippen molar-refractivity contribution in [2.24, 2.45) is 0 Å². The van der Waals surface area contributed by atoms with Crippen LogP contribution in [0.5, 0.6) is 0 Å². The second-order valence-electron chi connectivity index (χ2n) is 4.56. The van der Waals surface area contributed by atoms with Crippen LogP contribution in [0.3, 0.4) is 0 Å². The number of fused-ring (bicyclic) bond motifs is 1. The van der Waals surface area contributed by atoms with Crippen LogP contribution in [0.15, 0.2) is 30.9 Å². The summed E-state index contributed by atoms with van der Waals surface area (Å²) in [4.78, 5) is 13.0. The van der Waals surface area contributed by atoms with E-state index >= 15 is 0 Å². The molecule has 0 amide bonds. The van der Waals surface area contributed by atoms with Crippen LogP contribution in [0.25, 0.3) is 17.0 Å². The lowest BCUT2D eigenvalue weighted by Crippen LogP contribution is -2.00. The Morgan fingerprint density at radius 2 is 1.74 bits per heavy atom. The van der Waals surface area contributed by atoms with Crippen molar-refractivity contribution in [2.75, 3.05) is 0 Å². The molecule has 0 aliphatic rings. The minimum atomic E-state index is 0.420. The number of nitrogens with zero attached hydrogens (tertiary/aromatic N) is 4. The van der Waals surface area contributed by atoms with Crippen molar-refractivity contribution < 1.29 is 0 Å². The van der Waals surface area contributed by atoms with Gasteiger partial charge in [0.1, 0.15) is 6.33 Å². The summed E-state index contributed by atoms with van der Waals surface area (Å²) in [6, 6.07) is 4.19. The molecular formula is C14H13ClN4. The van der Waals surface area contributed by atoms with Gasteiger partial charge < -0.3 is 0 Å². The van der Waals surface area contributed by atoms with Gasteiger partial charge >= 0.3 is 0 Å². The van der Waals surface area contributed by atoms with Crippen LogP contribution in [0, 0.1) is 13.8 Å². The van der Waals surface area contributed by atoms with E-state index in [1.807, 2.05) is 4.57 Å². The maximum Gasteiger partial charge on any atom is 0.235 e. The quantitative estimate of drug-likeness (QED) is 0.673. The molecule has 0 radical (unpaired) electrons. The van der Waals surface area contributed by atoms with E-state index < -0.39 is 0 Å². The molecule has 0 fully saturated rings. The number of halogens is 1. The number of hydrogen-bond donors (Lipinski definition) is 0. The maximum absolute atomic E-state index is 5.74. The third kappa shape index (κ3) is 2.08. The van der Waals surface area contributed by atoms with Crippen molar-refractivity contribution >= 4 is 22.6 Å². The Bertz CT molecular complexity index is 731. The summed E-state index contributed by atoms with van der Waals surface area (Å²) in [7, 11) is 0. The van der Waals surface area contributed by atoms with E-state index in [2.05, 4.69) is 40.9 Å². The third-order valence-electron chi connectivity index (χ3n) is 3.22. The second kappa shape index (κ2) is 4.63.